The van der Waals surface area contributed by atoms with Gasteiger partial charge >= 0.3 is 0 Å². The van der Waals surface area contributed by atoms with Crippen LogP contribution in [0.3, 0.4) is 0 Å². The maximum atomic E-state index is 4.31. The Morgan fingerprint density at radius 1 is 1.53 bits per heavy atom. The van der Waals surface area contributed by atoms with E-state index in [1.165, 1.54) is 5.56 Å². The van der Waals surface area contributed by atoms with Crippen LogP contribution in [0.5, 0.6) is 0 Å². The van der Waals surface area contributed by atoms with Gasteiger partial charge in [0.2, 0.25) is 0 Å². The zero-order valence-electron chi connectivity index (χ0n) is 10.4. The molecule has 15 heavy (non-hydrogen) atoms. The van der Waals surface area contributed by atoms with Crippen molar-refractivity contribution >= 4 is 0 Å². The molecular formula is C11H22N4. The fourth-order valence-corrected chi connectivity index (χ4v) is 1.42. The number of hydrogen-bond donors (Lipinski definition) is 1. The first kappa shape index (κ1) is 12.2. The molecule has 0 amide bonds. The summed E-state index contributed by atoms with van der Waals surface area (Å²) in [5.41, 5.74) is 2.39. The van der Waals surface area contributed by atoms with Crippen molar-refractivity contribution in [1.29, 1.82) is 0 Å². The van der Waals surface area contributed by atoms with Crippen LogP contribution in [0.15, 0.2) is 6.20 Å². The van der Waals surface area contributed by atoms with Gasteiger partial charge in [-0.15, -0.1) is 0 Å². The van der Waals surface area contributed by atoms with Gasteiger partial charge in [-0.25, -0.2) is 0 Å². The Labute approximate surface area is 92.3 Å². The van der Waals surface area contributed by atoms with Crippen LogP contribution >= 0.6 is 0 Å². The molecule has 1 rings (SSSR count). The summed E-state index contributed by atoms with van der Waals surface area (Å²) in [4.78, 5) is 2.21. The van der Waals surface area contributed by atoms with Crippen molar-refractivity contribution in [3.05, 3.63) is 17.5 Å². The van der Waals surface area contributed by atoms with Crippen molar-refractivity contribution in [3.63, 3.8) is 0 Å². The van der Waals surface area contributed by atoms with Gasteiger partial charge in [-0.1, -0.05) is 0 Å². The molecule has 1 aromatic rings. The second-order valence-corrected chi connectivity index (χ2v) is 4.36. The maximum absolute atomic E-state index is 4.31. The van der Waals surface area contributed by atoms with Crippen LogP contribution in [0.4, 0.5) is 0 Å². The summed E-state index contributed by atoms with van der Waals surface area (Å²) in [6, 6.07) is 0.557. The van der Waals surface area contributed by atoms with Gasteiger partial charge in [0.15, 0.2) is 0 Å². The van der Waals surface area contributed by atoms with Gasteiger partial charge in [0.25, 0.3) is 0 Å². The molecular weight excluding hydrogens is 188 g/mol. The highest BCUT2D eigenvalue weighted by atomic mass is 15.3. The number of aromatic nitrogens is 2. The Morgan fingerprint density at radius 2 is 2.20 bits per heavy atom. The van der Waals surface area contributed by atoms with Gasteiger partial charge in [-0.05, 0) is 27.9 Å². The Kier molecular flexibility index (Phi) is 4.29. The number of aryl methyl sites for hydroxylation is 2. The minimum absolute atomic E-state index is 0.557. The predicted molar refractivity (Wildman–Crippen MR) is 62.8 cm³/mol. The van der Waals surface area contributed by atoms with E-state index in [9.17, 15) is 0 Å². The van der Waals surface area contributed by atoms with Crippen LogP contribution in [-0.2, 0) is 13.6 Å². The first-order chi connectivity index (χ1) is 7.00. The van der Waals surface area contributed by atoms with Crippen molar-refractivity contribution in [2.75, 3.05) is 20.6 Å². The minimum Gasteiger partial charge on any atom is -0.311 e. The Morgan fingerprint density at radius 3 is 2.67 bits per heavy atom. The standard InChI is InChI=1S/C11H22N4/c1-9(14(3)4)6-12-7-11-8-15(5)13-10(11)2/h8-9,12H,6-7H2,1-5H3. The fourth-order valence-electron chi connectivity index (χ4n) is 1.42. The van der Waals surface area contributed by atoms with E-state index < -0.39 is 0 Å². The SMILES string of the molecule is Cc1nn(C)cc1CNCC(C)N(C)C. The lowest BCUT2D eigenvalue weighted by Crippen LogP contribution is -2.35. The van der Waals surface area contributed by atoms with Gasteiger partial charge in [-0.2, -0.15) is 5.10 Å². The quantitative estimate of drug-likeness (QED) is 0.779. The van der Waals surface area contributed by atoms with Gasteiger partial charge in [-0.3, -0.25) is 4.68 Å². The average molecular weight is 210 g/mol. The van der Waals surface area contributed by atoms with E-state index in [1.54, 1.807) is 0 Å². The van der Waals surface area contributed by atoms with Gasteiger partial charge < -0.3 is 10.2 Å². The zero-order chi connectivity index (χ0) is 11.4. The summed E-state index contributed by atoms with van der Waals surface area (Å²) in [5, 5.41) is 7.75. The lowest BCUT2D eigenvalue weighted by Gasteiger charge is -2.19. The summed E-state index contributed by atoms with van der Waals surface area (Å²) >= 11 is 0. The molecule has 0 saturated carbocycles. The van der Waals surface area contributed by atoms with Crippen molar-refractivity contribution < 1.29 is 0 Å². The smallest absolute Gasteiger partial charge is 0.0638 e. The van der Waals surface area contributed by atoms with Crippen LogP contribution in [0.25, 0.3) is 0 Å². The second-order valence-electron chi connectivity index (χ2n) is 4.36. The Hall–Kier alpha value is -0.870. The molecule has 0 radical (unpaired) electrons. The lowest BCUT2D eigenvalue weighted by molar-refractivity contribution is 0.302. The monoisotopic (exact) mass is 210 g/mol. The molecule has 1 heterocycles. The molecule has 1 aromatic heterocycles. The summed E-state index contributed by atoms with van der Waals surface area (Å²) < 4.78 is 1.86. The van der Waals surface area contributed by atoms with E-state index in [0.29, 0.717) is 6.04 Å². The van der Waals surface area contributed by atoms with Gasteiger partial charge in [0.05, 0.1) is 5.69 Å². The van der Waals surface area contributed by atoms with E-state index in [-0.39, 0.29) is 0 Å². The summed E-state index contributed by atoms with van der Waals surface area (Å²) in [6.07, 6.45) is 2.07. The van der Waals surface area contributed by atoms with Crippen LogP contribution < -0.4 is 5.32 Å². The van der Waals surface area contributed by atoms with Crippen LogP contribution in [0, 0.1) is 6.92 Å². The van der Waals surface area contributed by atoms with Crippen molar-refractivity contribution in [3.8, 4) is 0 Å². The highest BCUT2D eigenvalue weighted by molar-refractivity contribution is 5.14. The molecule has 0 aliphatic rings. The number of nitrogens with zero attached hydrogens (tertiary/aromatic N) is 3. The number of likely N-dealkylation sites (N-methyl/N-ethyl adjacent to an activating group) is 1. The summed E-state index contributed by atoms with van der Waals surface area (Å²) in [6.45, 7) is 6.16. The Balaban J connectivity index is 2.35. The third kappa shape index (κ3) is 3.64. The third-order valence-electron chi connectivity index (χ3n) is 2.75. The minimum atomic E-state index is 0.557. The molecule has 86 valence electrons. The molecule has 0 aromatic carbocycles. The van der Waals surface area contributed by atoms with E-state index in [1.807, 2.05) is 18.7 Å². The Bertz CT molecular complexity index is 304. The number of rotatable bonds is 5. The van der Waals surface area contributed by atoms with E-state index in [2.05, 4.69) is 42.5 Å². The summed E-state index contributed by atoms with van der Waals surface area (Å²) in [7, 11) is 6.16. The first-order valence-electron chi connectivity index (χ1n) is 5.37. The van der Waals surface area contributed by atoms with E-state index in [0.717, 1.165) is 18.8 Å². The van der Waals surface area contributed by atoms with E-state index in [4.69, 9.17) is 0 Å². The van der Waals surface area contributed by atoms with Crippen molar-refractivity contribution in [2.24, 2.45) is 7.05 Å². The number of nitrogens with one attached hydrogen (secondary N) is 1. The van der Waals surface area contributed by atoms with E-state index >= 15 is 0 Å². The van der Waals surface area contributed by atoms with Gasteiger partial charge in [0.1, 0.15) is 0 Å². The van der Waals surface area contributed by atoms with Crippen LogP contribution in [0.2, 0.25) is 0 Å². The molecule has 1 unspecified atom stereocenters. The first-order valence-corrected chi connectivity index (χ1v) is 5.37. The molecule has 4 heteroatoms. The van der Waals surface area contributed by atoms with Crippen LogP contribution in [-0.4, -0.2) is 41.4 Å². The highest BCUT2D eigenvalue weighted by Gasteiger charge is 2.05. The normalized spacial score (nSPS) is 13.5. The summed E-state index contributed by atoms with van der Waals surface area (Å²) in [5.74, 6) is 0. The maximum Gasteiger partial charge on any atom is 0.0638 e. The molecule has 0 bridgehead atoms. The highest BCUT2D eigenvalue weighted by Crippen LogP contribution is 2.03. The van der Waals surface area contributed by atoms with Crippen LogP contribution in [0.1, 0.15) is 18.2 Å². The zero-order valence-corrected chi connectivity index (χ0v) is 10.4. The molecule has 0 spiro atoms. The molecule has 0 fully saturated rings. The molecule has 1 atom stereocenters. The molecule has 0 aliphatic carbocycles. The third-order valence-corrected chi connectivity index (χ3v) is 2.75. The number of hydrogen-bond acceptors (Lipinski definition) is 3. The van der Waals surface area contributed by atoms with Crippen molar-refractivity contribution in [1.82, 2.24) is 20.0 Å². The topological polar surface area (TPSA) is 33.1 Å². The van der Waals surface area contributed by atoms with Gasteiger partial charge in [0, 0.05) is 37.9 Å². The lowest BCUT2D eigenvalue weighted by atomic mass is 10.2. The predicted octanol–water partition coefficient (Wildman–Crippen LogP) is 0.768. The molecule has 4 nitrogen and oxygen atoms in total. The second kappa shape index (κ2) is 5.28. The molecule has 0 aliphatic heterocycles. The average Bonchev–Trinajstić information content (AvgIpc) is 2.45. The fraction of sp³-hybridized carbons (Fsp3) is 0.727. The molecule has 0 saturated heterocycles. The molecule has 1 N–H and O–H groups in total. The largest absolute Gasteiger partial charge is 0.311 e. The van der Waals surface area contributed by atoms with Crippen molar-refractivity contribution in [2.45, 2.75) is 26.4 Å².